The van der Waals surface area contributed by atoms with Crippen molar-refractivity contribution in [2.45, 2.75) is 52.9 Å². The van der Waals surface area contributed by atoms with Gasteiger partial charge in [-0.2, -0.15) is 0 Å². The molecular weight excluding hydrogens is 456 g/mol. The summed E-state index contributed by atoms with van der Waals surface area (Å²) >= 11 is 6.07. The summed E-state index contributed by atoms with van der Waals surface area (Å²) in [6.45, 7) is 9.08. The zero-order valence-electron chi connectivity index (χ0n) is 21.1. The van der Waals surface area contributed by atoms with E-state index in [2.05, 4.69) is 48.0 Å². The molecule has 0 radical (unpaired) electrons. The highest BCUT2D eigenvalue weighted by atomic mass is 35.5. The van der Waals surface area contributed by atoms with Crippen molar-refractivity contribution in [1.82, 2.24) is 14.9 Å². The fraction of sp³-hybridized carbons (Fsp3) is 0.414. The van der Waals surface area contributed by atoms with Gasteiger partial charge in [0, 0.05) is 54.4 Å². The van der Waals surface area contributed by atoms with Gasteiger partial charge in [-0.15, -0.1) is 0 Å². The highest BCUT2D eigenvalue weighted by Crippen LogP contribution is 2.26. The molecule has 0 spiro atoms. The number of hydrogen-bond acceptors (Lipinski definition) is 4. The molecule has 0 atom stereocenters. The largest absolute Gasteiger partial charge is 0.353 e. The van der Waals surface area contributed by atoms with Gasteiger partial charge in [0.05, 0.1) is 0 Å². The van der Waals surface area contributed by atoms with E-state index in [9.17, 15) is 4.79 Å². The molecule has 4 rings (SSSR count). The van der Waals surface area contributed by atoms with Gasteiger partial charge < -0.3 is 9.80 Å². The maximum absolute atomic E-state index is 13.1. The van der Waals surface area contributed by atoms with Crippen molar-refractivity contribution < 1.29 is 4.79 Å². The molecule has 1 aliphatic rings. The van der Waals surface area contributed by atoms with Crippen LogP contribution in [0.1, 0.15) is 64.8 Å². The predicted molar refractivity (Wildman–Crippen MR) is 144 cm³/mol. The van der Waals surface area contributed by atoms with Crippen molar-refractivity contribution >= 4 is 23.3 Å². The highest BCUT2D eigenvalue weighted by Gasteiger charge is 2.25. The normalized spacial score (nSPS) is 13.8. The predicted octanol–water partition coefficient (Wildman–Crippen LogP) is 6.03. The van der Waals surface area contributed by atoms with Gasteiger partial charge in [-0.3, -0.25) is 4.79 Å². The summed E-state index contributed by atoms with van der Waals surface area (Å²) < 4.78 is 0. The molecule has 0 unspecified atom stereocenters. The number of amides is 1. The molecule has 1 aromatic heterocycles. The first kappa shape index (κ1) is 25.2. The molecule has 0 saturated carbocycles. The van der Waals surface area contributed by atoms with E-state index in [0.29, 0.717) is 13.1 Å². The average Bonchev–Trinajstić information content (AvgIpc) is 2.87. The van der Waals surface area contributed by atoms with Crippen LogP contribution in [0.3, 0.4) is 0 Å². The summed E-state index contributed by atoms with van der Waals surface area (Å²) in [6.07, 6.45) is 5.50. The van der Waals surface area contributed by atoms with E-state index in [1.165, 1.54) is 30.4 Å². The Kier molecular flexibility index (Phi) is 8.40. The fourth-order valence-corrected chi connectivity index (χ4v) is 4.82. The first-order chi connectivity index (χ1) is 16.9. The van der Waals surface area contributed by atoms with Crippen LogP contribution in [0.25, 0.3) is 0 Å². The molecule has 0 N–H and O–H groups in total. The zero-order chi connectivity index (χ0) is 24.8. The Hall–Kier alpha value is -2.92. The Balaban J connectivity index is 1.42. The second kappa shape index (κ2) is 11.7. The molecule has 0 aliphatic carbocycles. The van der Waals surface area contributed by atoms with Crippen LogP contribution in [0.4, 0.5) is 5.82 Å². The van der Waals surface area contributed by atoms with Crippen molar-refractivity contribution in [3.63, 3.8) is 0 Å². The number of carbonyl (C=O) groups is 1. The van der Waals surface area contributed by atoms with Crippen molar-refractivity contribution in [3.05, 3.63) is 87.3 Å². The van der Waals surface area contributed by atoms with Gasteiger partial charge in [0.15, 0.2) is 0 Å². The van der Waals surface area contributed by atoms with Gasteiger partial charge in [0.25, 0.3) is 5.91 Å². The Morgan fingerprint density at radius 2 is 1.54 bits per heavy atom. The standard InChI is InChI=1S/C29H35ClN4O/c1-4-5-6-7-23-8-12-25(13-9-23)29(35)34-18-16-33(17-19-34)28-27(21(2)31-22(3)32-28)20-24-10-14-26(30)15-11-24/h8-15H,4-7,16-20H2,1-3H3. The molecule has 2 heterocycles. The molecule has 3 aromatic rings. The third-order valence-corrected chi connectivity index (χ3v) is 6.99. The quantitative estimate of drug-likeness (QED) is 0.361. The number of rotatable bonds is 8. The Morgan fingerprint density at radius 3 is 2.20 bits per heavy atom. The van der Waals surface area contributed by atoms with Crippen LogP contribution in [0.5, 0.6) is 0 Å². The first-order valence-electron chi connectivity index (χ1n) is 12.7. The molecule has 5 nitrogen and oxygen atoms in total. The van der Waals surface area contributed by atoms with Gasteiger partial charge >= 0.3 is 0 Å². The summed E-state index contributed by atoms with van der Waals surface area (Å²) in [5.41, 5.74) is 5.40. The van der Waals surface area contributed by atoms with E-state index in [4.69, 9.17) is 16.6 Å². The van der Waals surface area contributed by atoms with E-state index >= 15 is 0 Å². The number of nitrogens with zero attached hydrogens (tertiary/aromatic N) is 4. The van der Waals surface area contributed by atoms with Gasteiger partial charge in [0.1, 0.15) is 11.6 Å². The second-order valence-electron chi connectivity index (χ2n) is 9.39. The molecule has 35 heavy (non-hydrogen) atoms. The molecule has 1 fully saturated rings. The van der Waals surface area contributed by atoms with Crippen LogP contribution < -0.4 is 4.90 Å². The van der Waals surface area contributed by atoms with Crippen LogP contribution >= 0.6 is 11.6 Å². The number of halogens is 1. The SMILES string of the molecule is CCCCCc1ccc(C(=O)N2CCN(c3nc(C)nc(C)c3Cc3ccc(Cl)cc3)CC2)cc1. The highest BCUT2D eigenvalue weighted by molar-refractivity contribution is 6.30. The fourth-order valence-electron chi connectivity index (χ4n) is 4.69. The Bertz CT molecular complexity index is 1140. The van der Waals surface area contributed by atoms with Crippen LogP contribution in [0, 0.1) is 13.8 Å². The number of hydrogen-bond donors (Lipinski definition) is 0. The molecule has 6 heteroatoms. The molecule has 1 amide bonds. The van der Waals surface area contributed by atoms with Crippen LogP contribution in [-0.4, -0.2) is 47.0 Å². The van der Waals surface area contributed by atoms with E-state index in [1.54, 1.807) is 0 Å². The minimum atomic E-state index is 0.112. The van der Waals surface area contributed by atoms with Crippen molar-refractivity contribution in [2.24, 2.45) is 0 Å². The Morgan fingerprint density at radius 1 is 0.886 bits per heavy atom. The molecule has 2 aromatic carbocycles. The summed E-state index contributed by atoms with van der Waals surface area (Å²) in [6, 6.07) is 16.1. The third kappa shape index (κ3) is 6.40. The summed E-state index contributed by atoms with van der Waals surface area (Å²) in [7, 11) is 0. The zero-order valence-corrected chi connectivity index (χ0v) is 21.8. The monoisotopic (exact) mass is 490 g/mol. The van der Waals surface area contributed by atoms with Gasteiger partial charge in [-0.05, 0) is 62.1 Å². The summed E-state index contributed by atoms with van der Waals surface area (Å²) in [5, 5.41) is 0.734. The summed E-state index contributed by atoms with van der Waals surface area (Å²) in [4.78, 5) is 26.8. The van der Waals surface area contributed by atoms with E-state index in [1.807, 2.05) is 36.1 Å². The minimum Gasteiger partial charge on any atom is -0.353 e. The lowest BCUT2D eigenvalue weighted by atomic mass is 10.0. The number of anilines is 1. The van der Waals surface area contributed by atoms with Gasteiger partial charge in [-0.25, -0.2) is 9.97 Å². The topological polar surface area (TPSA) is 49.3 Å². The lowest BCUT2D eigenvalue weighted by molar-refractivity contribution is 0.0746. The van der Waals surface area contributed by atoms with Gasteiger partial charge in [-0.1, -0.05) is 55.6 Å². The van der Waals surface area contributed by atoms with Crippen LogP contribution in [0.2, 0.25) is 5.02 Å². The average molecular weight is 491 g/mol. The number of carbonyl (C=O) groups excluding carboxylic acids is 1. The lowest BCUT2D eigenvalue weighted by Crippen LogP contribution is -2.49. The molecule has 184 valence electrons. The summed E-state index contributed by atoms with van der Waals surface area (Å²) in [5.74, 6) is 1.87. The number of aromatic nitrogens is 2. The van der Waals surface area contributed by atoms with Crippen LogP contribution in [-0.2, 0) is 12.8 Å². The number of benzene rings is 2. The van der Waals surface area contributed by atoms with Crippen molar-refractivity contribution in [1.29, 1.82) is 0 Å². The number of aryl methyl sites for hydroxylation is 3. The molecule has 1 aliphatic heterocycles. The lowest BCUT2D eigenvalue weighted by Gasteiger charge is -2.36. The Labute approximate surface area is 214 Å². The smallest absolute Gasteiger partial charge is 0.253 e. The minimum absolute atomic E-state index is 0.112. The van der Waals surface area contributed by atoms with Crippen LogP contribution in [0.15, 0.2) is 48.5 Å². The first-order valence-corrected chi connectivity index (χ1v) is 13.0. The second-order valence-corrected chi connectivity index (χ2v) is 9.83. The number of unbranched alkanes of at least 4 members (excludes halogenated alkanes) is 2. The maximum atomic E-state index is 13.1. The maximum Gasteiger partial charge on any atom is 0.253 e. The van der Waals surface area contributed by atoms with Crippen molar-refractivity contribution in [3.8, 4) is 0 Å². The van der Waals surface area contributed by atoms with Gasteiger partial charge in [0.2, 0.25) is 0 Å². The van der Waals surface area contributed by atoms with E-state index in [0.717, 1.165) is 59.4 Å². The van der Waals surface area contributed by atoms with Crippen molar-refractivity contribution in [2.75, 3.05) is 31.1 Å². The van der Waals surface area contributed by atoms with E-state index < -0.39 is 0 Å². The molecular formula is C29H35ClN4O. The van der Waals surface area contributed by atoms with E-state index in [-0.39, 0.29) is 5.91 Å². The molecule has 1 saturated heterocycles. The number of piperazine rings is 1. The third-order valence-electron chi connectivity index (χ3n) is 6.73. The molecule has 0 bridgehead atoms.